The van der Waals surface area contributed by atoms with E-state index in [9.17, 15) is 4.79 Å². The van der Waals surface area contributed by atoms with E-state index in [1.807, 2.05) is 23.6 Å². The molecule has 0 N–H and O–H groups in total. The molecule has 0 saturated heterocycles. The van der Waals surface area contributed by atoms with E-state index in [4.69, 9.17) is 9.15 Å². The average Bonchev–Trinajstić information content (AvgIpc) is 3.07. The second kappa shape index (κ2) is 7.11. The molecule has 5 heteroatoms. The maximum absolute atomic E-state index is 12.3. The van der Waals surface area contributed by atoms with Crippen molar-refractivity contribution in [3.05, 3.63) is 46.5 Å². The van der Waals surface area contributed by atoms with Gasteiger partial charge in [-0.25, -0.2) is 0 Å². The third kappa shape index (κ3) is 4.22. The summed E-state index contributed by atoms with van der Waals surface area (Å²) >= 11 is 1.60. The van der Waals surface area contributed by atoms with Gasteiger partial charge in [0.1, 0.15) is 0 Å². The number of amides is 1. The predicted molar refractivity (Wildman–Crippen MR) is 74.0 cm³/mol. The number of carbonyl (C=O) groups excluding carboxylic acids is 1. The Morgan fingerprint density at radius 2 is 2.37 bits per heavy atom. The van der Waals surface area contributed by atoms with Gasteiger partial charge in [-0.15, -0.1) is 11.3 Å². The van der Waals surface area contributed by atoms with E-state index in [1.165, 1.54) is 0 Å². The van der Waals surface area contributed by atoms with Gasteiger partial charge in [-0.3, -0.25) is 4.79 Å². The molecule has 0 saturated carbocycles. The highest BCUT2D eigenvalue weighted by molar-refractivity contribution is 7.10. The van der Waals surface area contributed by atoms with Crippen LogP contribution in [0.3, 0.4) is 0 Å². The number of nitrogens with zero attached hydrogens (tertiary/aromatic N) is 1. The molecular formula is C14H17NO3S. The van der Waals surface area contributed by atoms with Crippen LogP contribution < -0.4 is 0 Å². The van der Waals surface area contributed by atoms with Crippen LogP contribution in [0.1, 0.15) is 10.4 Å². The fourth-order valence-corrected chi connectivity index (χ4v) is 2.47. The molecule has 0 fully saturated rings. The van der Waals surface area contributed by atoms with Crippen LogP contribution in [-0.2, 0) is 22.5 Å². The normalized spacial score (nSPS) is 10.6. The third-order valence-electron chi connectivity index (χ3n) is 2.78. The highest BCUT2D eigenvalue weighted by atomic mass is 32.1. The Morgan fingerprint density at radius 1 is 1.47 bits per heavy atom. The van der Waals surface area contributed by atoms with Crippen molar-refractivity contribution < 1.29 is 13.9 Å². The first-order chi connectivity index (χ1) is 9.29. The van der Waals surface area contributed by atoms with Crippen molar-refractivity contribution in [2.24, 2.45) is 0 Å². The van der Waals surface area contributed by atoms with Gasteiger partial charge in [0, 0.05) is 30.6 Å². The molecule has 19 heavy (non-hydrogen) atoms. The number of thiophene rings is 1. The Hall–Kier alpha value is -1.59. The molecule has 2 aromatic rings. The number of carbonyl (C=O) groups is 1. The second-order valence-corrected chi connectivity index (χ2v) is 5.23. The van der Waals surface area contributed by atoms with Crippen molar-refractivity contribution in [2.75, 3.05) is 20.3 Å². The van der Waals surface area contributed by atoms with Crippen LogP contribution in [0.4, 0.5) is 0 Å². The summed E-state index contributed by atoms with van der Waals surface area (Å²) in [6.45, 7) is 1.68. The molecule has 1 amide bonds. The SMILES string of the molecule is COCCN(Cc1ccoc1)C(=O)Cc1cccs1. The number of rotatable bonds is 7. The van der Waals surface area contributed by atoms with Crippen molar-refractivity contribution in [1.82, 2.24) is 4.90 Å². The Morgan fingerprint density at radius 3 is 3.00 bits per heavy atom. The Bertz CT molecular complexity index is 479. The molecule has 0 radical (unpaired) electrons. The summed E-state index contributed by atoms with van der Waals surface area (Å²) in [5, 5.41) is 1.98. The van der Waals surface area contributed by atoms with Gasteiger partial charge in [0.25, 0.3) is 0 Å². The molecule has 2 rings (SSSR count). The minimum atomic E-state index is 0.112. The molecule has 2 heterocycles. The highest BCUT2D eigenvalue weighted by Gasteiger charge is 2.15. The first kappa shape index (κ1) is 13.8. The summed E-state index contributed by atoms with van der Waals surface area (Å²) in [5.74, 6) is 0.112. The molecule has 0 atom stereocenters. The van der Waals surface area contributed by atoms with Crippen molar-refractivity contribution in [3.63, 3.8) is 0 Å². The first-order valence-electron chi connectivity index (χ1n) is 6.10. The summed E-state index contributed by atoms with van der Waals surface area (Å²) in [6, 6.07) is 5.82. The zero-order valence-electron chi connectivity index (χ0n) is 10.9. The topological polar surface area (TPSA) is 42.7 Å². The van der Waals surface area contributed by atoms with E-state index in [-0.39, 0.29) is 5.91 Å². The van der Waals surface area contributed by atoms with Gasteiger partial charge < -0.3 is 14.1 Å². The molecule has 0 aliphatic rings. The maximum Gasteiger partial charge on any atom is 0.228 e. The quantitative estimate of drug-likeness (QED) is 0.782. The molecule has 0 aliphatic carbocycles. The van der Waals surface area contributed by atoms with Gasteiger partial charge >= 0.3 is 0 Å². The molecule has 4 nitrogen and oxygen atoms in total. The monoisotopic (exact) mass is 279 g/mol. The smallest absolute Gasteiger partial charge is 0.228 e. The van der Waals surface area contributed by atoms with Gasteiger partial charge in [0.15, 0.2) is 0 Å². The van der Waals surface area contributed by atoms with Gasteiger partial charge in [0.05, 0.1) is 25.6 Å². The van der Waals surface area contributed by atoms with E-state index in [0.29, 0.717) is 26.1 Å². The summed E-state index contributed by atoms with van der Waals surface area (Å²) in [6.07, 6.45) is 3.73. The zero-order chi connectivity index (χ0) is 13.5. The van der Waals surface area contributed by atoms with Crippen LogP contribution in [0.15, 0.2) is 40.5 Å². The molecule has 2 aromatic heterocycles. The minimum Gasteiger partial charge on any atom is -0.472 e. The van der Waals surface area contributed by atoms with Gasteiger partial charge in [0.2, 0.25) is 5.91 Å². The van der Waals surface area contributed by atoms with Gasteiger partial charge in [-0.1, -0.05) is 6.07 Å². The summed E-state index contributed by atoms with van der Waals surface area (Å²) in [7, 11) is 1.64. The Balaban J connectivity index is 1.97. The lowest BCUT2D eigenvalue weighted by Gasteiger charge is -2.21. The lowest BCUT2D eigenvalue weighted by molar-refractivity contribution is -0.131. The molecule has 0 spiro atoms. The van der Waals surface area contributed by atoms with Crippen molar-refractivity contribution in [2.45, 2.75) is 13.0 Å². The first-order valence-corrected chi connectivity index (χ1v) is 6.97. The summed E-state index contributed by atoms with van der Waals surface area (Å²) < 4.78 is 10.1. The second-order valence-electron chi connectivity index (χ2n) is 4.20. The van der Waals surface area contributed by atoms with Crippen LogP contribution in [0.5, 0.6) is 0 Å². The van der Waals surface area contributed by atoms with Gasteiger partial charge in [-0.05, 0) is 17.5 Å². The maximum atomic E-state index is 12.3. The van der Waals surface area contributed by atoms with E-state index in [2.05, 4.69) is 0 Å². The lowest BCUT2D eigenvalue weighted by Crippen LogP contribution is -2.34. The molecular weight excluding hydrogens is 262 g/mol. The fourth-order valence-electron chi connectivity index (χ4n) is 1.77. The van der Waals surface area contributed by atoms with E-state index in [0.717, 1.165) is 10.4 Å². The lowest BCUT2D eigenvalue weighted by atomic mass is 10.2. The van der Waals surface area contributed by atoms with Crippen LogP contribution >= 0.6 is 11.3 Å². The van der Waals surface area contributed by atoms with Crippen molar-refractivity contribution in [3.8, 4) is 0 Å². The largest absolute Gasteiger partial charge is 0.472 e. The van der Waals surface area contributed by atoms with E-state index in [1.54, 1.807) is 35.9 Å². The fraction of sp³-hybridized carbons (Fsp3) is 0.357. The number of ether oxygens (including phenoxy) is 1. The Kier molecular flexibility index (Phi) is 5.18. The van der Waals surface area contributed by atoms with Crippen LogP contribution in [0.2, 0.25) is 0 Å². The third-order valence-corrected chi connectivity index (χ3v) is 3.65. The average molecular weight is 279 g/mol. The van der Waals surface area contributed by atoms with Crippen LogP contribution in [0, 0.1) is 0 Å². The molecule has 0 aromatic carbocycles. The molecule has 0 unspecified atom stereocenters. The van der Waals surface area contributed by atoms with E-state index < -0.39 is 0 Å². The highest BCUT2D eigenvalue weighted by Crippen LogP contribution is 2.12. The van der Waals surface area contributed by atoms with E-state index >= 15 is 0 Å². The summed E-state index contributed by atoms with van der Waals surface area (Å²) in [4.78, 5) is 15.2. The number of furan rings is 1. The number of hydrogen-bond acceptors (Lipinski definition) is 4. The standard InChI is InChI=1S/C14H17NO3S/c1-17-7-5-15(10-12-4-6-18-11-12)14(16)9-13-3-2-8-19-13/h2-4,6,8,11H,5,7,9-10H2,1H3. The van der Waals surface area contributed by atoms with Crippen molar-refractivity contribution in [1.29, 1.82) is 0 Å². The molecule has 0 bridgehead atoms. The summed E-state index contributed by atoms with van der Waals surface area (Å²) in [5.41, 5.74) is 0.996. The van der Waals surface area contributed by atoms with Crippen molar-refractivity contribution >= 4 is 17.2 Å². The van der Waals surface area contributed by atoms with Crippen LogP contribution in [0.25, 0.3) is 0 Å². The minimum absolute atomic E-state index is 0.112. The number of methoxy groups -OCH3 is 1. The van der Waals surface area contributed by atoms with Gasteiger partial charge in [-0.2, -0.15) is 0 Å². The Labute approximate surface area is 116 Å². The zero-order valence-corrected chi connectivity index (χ0v) is 11.7. The number of hydrogen-bond donors (Lipinski definition) is 0. The molecule has 0 aliphatic heterocycles. The predicted octanol–water partition coefficient (Wildman–Crippen LogP) is 2.56. The van der Waals surface area contributed by atoms with Crippen LogP contribution in [-0.4, -0.2) is 31.1 Å². The molecule has 102 valence electrons.